The first-order chi connectivity index (χ1) is 18.2. The molecule has 0 radical (unpaired) electrons. The molecule has 0 saturated carbocycles. The molecule has 0 N–H and O–H groups in total. The summed E-state index contributed by atoms with van der Waals surface area (Å²) in [4.78, 5) is 26.6. The topological polar surface area (TPSA) is 77.0 Å². The number of carbonyl (C=O) groups is 1. The van der Waals surface area contributed by atoms with Gasteiger partial charge in [-0.3, -0.25) is 9.69 Å². The van der Waals surface area contributed by atoms with E-state index in [2.05, 4.69) is 14.9 Å². The number of hydrogen-bond donors (Lipinski definition) is 0. The van der Waals surface area contributed by atoms with Gasteiger partial charge in [-0.25, -0.2) is 0 Å². The van der Waals surface area contributed by atoms with Crippen LogP contribution in [0.4, 0.5) is 13.2 Å². The third-order valence-electron chi connectivity index (χ3n) is 7.83. The molecule has 3 aliphatic rings. The number of halogens is 3. The highest BCUT2D eigenvalue weighted by Gasteiger charge is 2.40. The number of aromatic nitrogens is 2. The standard InChI is InChI=1S/C27H33F3N4O4/c1-17-21(15-18-4-3-5-19(14-18)27(28,29)30)31-26(36-2)32-24(17)25(35)33-9-6-20(7-10-33)34-11-13-38-23-16-37-12-8-22(23)34/h3-5,14,20,22-23H,6-13,15-16H2,1-2H3/t22-,23+/m1/s1. The summed E-state index contributed by atoms with van der Waals surface area (Å²) in [6, 6.07) is 5.89. The van der Waals surface area contributed by atoms with Crippen molar-refractivity contribution in [1.82, 2.24) is 19.8 Å². The van der Waals surface area contributed by atoms with Gasteiger partial charge in [0.25, 0.3) is 5.91 Å². The van der Waals surface area contributed by atoms with E-state index in [1.165, 1.54) is 13.2 Å². The van der Waals surface area contributed by atoms with E-state index in [-0.39, 0.29) is 30.1 Å². The summed E-state index contributed by atoms with van der Waals surface area (Å²) in [7, 11) is 1.41. The predicted molar refractivity (Wildman–Crippen MR) is 132 cm³/mol. The van der Waals surface area contributed by atoms with Gasteiger partial charge in [-0.15, -0.1) is 0 Å². The fourth-order valence-corrected chi connectivity index (χ4v) is 5.78. The summed E-state index contributed by atoms with van der Waals surface area (Å²) in [6.07, 6.45) is -1.53. The molecule has 0 bridgehead atoms. The summed E-state index contributed by atoms with van der Waals surface area (Å²) in [5, 5.41) is 0. The number of benzene rings is 1. The molecule has 1 aromatic carbocycles. The molecule has 38 heavy (non-hydrogen) atoms. The lowest BCUT2D eigenvalue weighted by molar-refractivity contribution is -0.148. The van der Waals surface area contributed by atoms with Crippen LogP contribution in [0, 0.1) is 6.92 Å². The molecule has 2 atom stereocenters. The second-order valence-electron chi connectivity index (χ2n) is 10.1. The predicted octanol–water partition coefficient (Wildman–Crippen LogP) is 3.50. The zero-order chi connectivity index (χ0) is 26.9. The van der Waals surface area contributed by atoms with Gasteiger partial charge in [-0.2, -0.15) is 23.1 Å². The molecule has 3 saturated heterocycles. The highest BCUT2D eigenvalue weighted by atomic mass is 19.4. The maximum atomic E-state index is 13.6. The quantitative estimate of drug-likeness (QED) is 0.581. The van der Waals surface area contributed by atoms with E-state index in [4.69, 9.17) is 14.2 Å². The van der Waals surface area contributed by atoms with E-state index >= 15 is 0 Å². The number of amides is 1. The van der Waals surface area contributed by atoms with Crippen molar-refractivity contribution < 1.29 is 32.2 Å². The molecule has 11 heteroatoms. The molecule has 206 valence electrons. The first-order valence-corrected chi connectivity index (χ1v) is 13.1. The first-order valence-electron chi connectivity index (χ1n) is 13.1. The van der Waals surface area contributed by atoms with E-state index in [9.17, 15) is 18.0 Å². The number of methoxy groups -OCH3 is 1. The number of hydrogen-bond acceptors (Lipinski definition) is 7. The number of rotatable bonds is 5. The van der Waals surface area contributed by atoms with Crippen LogP contribution in [-0.4, -0.2) is 90.4 Å². The van der Waals surface area contributed by atoms with Crippen LogP contribution in [0.5, 0.6) is 6.01 Å². The van der Waals surface area contributed by atoms with Crippen molar-refractivity contribution in [2.24, 2.45) is 0 Å². The lowest BCUT2D eigenvalue weighted by atomic mass is 9.95. The third-order valence-corrected chi connectivity index (χ3v) is 7.83. The zero-order valence-electron chi connectivity index (χ0n) is 21.7. The molecule has 4 heterocycles. The monoisotopic (exact) mass is 534 g/mol. The molecule has 8 nitrogen and oxygen atoms in total. The number of carbonyl (C=O) groups excluding carboxylic acids is 1. The molecule has 0 aliphatic carbocycles. The minimum Gasteiger partial charge on any atom is -0.467 e. The van der Waals surface area contributed by atoms with E-state index in [1.807, 2.05) is 0 Å². The molecule has 2 aromatic rings. The van der Waals surface area contributed by atoms with Gasteiger partial charge < -0.3 is 19.1 Å². The summed E-state index contributed by atoms with van der Waals surface area (Å²) < 4.78 is 56.4. The number of likely N-dealkylation sites (tertiary alicyclic amines) is 1. The van der Waals surface area contributed by atoms with E-state index in [1.54, 1.807) is 17.9 Å². The molecule has 0 spiro atoms. The third kappa shape index (κ3) is 5.64. The lowest BCUT2D eigenvalue weighted by Crippen LogP contribution is -2.60. The fraction of sp³-hybridized carbons (Fsp3) is 0.593. The summed E-state index contributed by atoms with van der Waals surface area (Å²) in [5.41, 5.74) is 0.968. The van der Waals surface area contributed by atoms with Gasteiger partial charge in [-0.1, -0.05) is 18.2 Å². The van der Waals surface area contributed by atoms with Crippen LogP contribution in [0.2, 0.25) is 0 Å². The number of fused-ring (bicyclic) bond motifs is 1. The van der Waals surface area contributed by atoms with E-state index in [0.717, 1.165) is 44.5 Å². The van der Waals surface area contributed by atoms with Gasteiger partial charge in [0.05, 0.1) is 37.7 Å². The van der Waals surface area contributed by atoms with Crippen molar-refractivity contribution in [1.29, 1.82) is 0 Å². The minimum atomic E-state index is -4.44. The number of nitrogens with zero attached hydrogens (tertiary/aromatic N) is 4. The van der Waals surface area contributed by atoms with Crippen molar-refractivity contribution in [2.75, 3.05) is 46.6 Å². The molecule has 1 amide bonds. The number of piperidine rings is 1. The van der Waals surface area contributed by atoms with Crippen LogP contribution in [0.1, 0.15) is 52.1 Å². The Kier molecular flexibility index (Phi) is 7.88. The Morgan fingerprint density at radius 2 is 1.92 bits per heavy atom. The van der Waals surface area contributed by atoms with Crippen molar-refractivity contribution in [3.8, 4) is 6.01 Å². The lowest BCUT2D eigenvalue weighted by Gasteiger charge is -2.49. The minimum absolute atomic E-state index is 0.0229. The zero-order valence-corrected chi connectivity index (χ0v) is 21.7. The summed E-state index contributed by atoms with van der Waals surface area (Å²) in [5.74, 6) is -0.210. The van der Waals surface area contributed by atoms with Crippen LogP contribution in [0.3, 0.4) is 0 Å². The maximum absolute atomic E-state index is 13.6. The fourth-order valence-electron chi connectivity index (χ4n) is 5.78. The Morgan fingerprint density at radius 3 is 2.66 bits per heavy atom. The molecule has 0 unspecified atom stereocenters. The van der Waals surface area contributed by atoms with Crippen LogP contribution < -0.4 is 4.74 Å². The van der Waals surface area contributed by atoms with Crippen molar-refractivity contribution in [3.05, 3.63) is 52.3 Å². The van der Waals surface area contributed by atoms with Gasteiger partial charge in [0.1, 0.15) is 5.69 Å². The van der Waals surface area contributed by atoms with Crippen LogP contribution in [0.25, 0.3) is 0 Å². The van der Waals surface area contributed by atoms with Crippen molar-refractivity contribution >= 4 is 5.91 Å². The molecule has 5 rings (SSSR count). The SMILES string of the molecule is COc1nc(Cc2cccc(C(F)(F)F)c2)c(C)c(C(=O)N2CCC(N3CCO[C@H]4COCC[C@H]43)CC2)n1. The molecular weight excluding hydrogens is 501 g/mol. The van der Waals surface area contributed by atoms with Crippen LogP contribution in [0.15, 0.2) is 24.3 Å². The molecular formula is C27H33F3N4O4. The van der Waals surface area contributed by atoms with Crippen molar-refractivity contribution in [3.63, 3.8) is 0 Å². The van der Waals surface area contributed by atoms with Gasteiger partial charge in [0, 0.05) is 50.3 Å². The average molecular weight is 535 g/mol. The average Bonchev–Trinajstić information content (AvgIpc) is 2.93. The van der Waals surface area contributed by atoms with Crippen molar-refractivity contribution in [2.45, 2.75) is 57.0 Å². The Morgan fingerprint density at radius 1 is 1.13 bits per heavy atom. The second kappa shape index (κ2) is 11.2. The first kappa shape index (κ1) is 26.8. The molecule has 3 aliphatic heterocycles. The highest BCUT2D eigenvalue weighted by Crippen LogP contribution is 2.31. The summed E-state index contributed by atoms with van der Waals surface area (Å²) >= 11 is 0. The van der Waals surface area contributed by atoms with Gasteiger partial charge in [-0.05, 0) is 37.8 Å². The molecule has 3 fully saturated rings. The maximum Gasteiger partial charge on any atom is 0.416 e. The van der Waals surface area contributed by atoms with E-state index < -0.39 is 11.7 Å². The van der Waals surface area contributed by atoms with Gasteiger partial charge in [0.2, 0.25) is 0 Å². The largest absolute Gasteiger partial charge is 0.467 e. The van der Waals surface area contributed by atoms with E-state index in [0.29, 0.717) is 55.2 Å². The van der Waals surface area contributed by atoms with Crippen LogP contribution >= 0.6 is 0 Å². The number of alkyl halides is 3. The Balaban J connectivity index is 1.30. The molecule has 1 aromatic heterocycles. The Bertz CT molecular complexity index is 1150. The Hall–Kier alpha value is -2.76. The second-order valence-corrected chi connectivity index (χ2v) is 10.1. The summed E-state index contributed by atoms with van der Waals surface area (Å²) in [6.45, 7) is 5.90. The van der Waals surface area contributed by atoms with Crippen LogP contribution in [-0.2, 0) is 22.1 Å². The number of ether oxygens (including phenoxy) is 3. The Labute approximate surface area is 220 Å². The normalized spacial score (nSPS) is 23.2. The number of morpholine rings is 1. The van der Waals surface area contributed by atoms with Gasteiger partial charge in [0.15, 0.2) is 0 Å². The highest BCUT2D eigenvalue weighted by molar-refractivity contribution is 5.94. The van der Waals surface area contributed by atoms with Gasteiger partial charge >= 0.3 is 12.2 Å². The smallest absolute Gasteiger partial charge is 0.416 e.